The van der Waals surface area contributed by atoms with Gasteiger partial charge in [0.05, 0.1) is 5.56 Å². The monoisotopic (exact) mass is 449 g/mol. The summed E-state index contributed by atoms with van der Waals surface area (Å²) in [6, 6.07) is 9.51. The molecule has 0 saturated carbocycles. The first-order valence-corrected chi connectivity index (χ1v) is 8.25. The predicted octanol–water partition coefficient (Wildman–Crippen LogP) is 3.94. The molecule has 4 nitrogen and oxygen atoms in total. The third kappa shape index (κ3) is 5.66. The fourth-order valence-electron chi connectivity index (χ4n) is 1.90. The minimum absolute atomic E-state index is 0.152. The van der Waals surface area contributed by atoms with E-state index in [4.69, 9.17) is 0 Å². The Labute approximate surface area is 151 Å². The number of amides is 1. The molecular formula is C16H15F3IN3O. The Morgan fingerprint density at radius 2 is 1.96 bits per heavy atom. The van der Waals surface area contributed by atoms with Crippen LogP contribution in [0, 0.1) is 3.57 Å². The van der Waals surface area contributed by atoms with E-state index in [-0.39, 0.29) is 5.91 Å². The zero-order valence-electron chi connectivity index (χ0n) is 12.5. The van der Waals surface area contributed by atoms with Crippen LogP contribution in [0.15, 0.2) is 42.6 Å². The van der Waals surface area contributed by atoms with Crippen molar-refractivity contribution in [3.8, 4) is 0 Å². The molecule has 0 bridgehead atoms. The van der Waals surface area contributed by atoms with Crippen LogP contribution in [0.25, 0.3) is 0 Å². The Morgan fingerprint density at radius 3 is 2.58 bits per heavy atom. The van der Waals surface area contributed by atoms with Crippen LogP contribution in [0.2, 0.25) is 0 Å². The first-order chi connectivity index (χ1) is 11.4. The van der Waals surface area contributed by atoms with E-state index in [2.05, 4.69) is 38.2 Å². The van der Waals surface area contributed by atoms with Crippen LogP contribution >= 0.6 is 22.6 Å². The molecule has 0 atom stereocenters. The van der Waals surface area contributed by atoms with Crippen LogP contribution < -0.4 is 10.6 Å². The topological polar surface area (TPSA) is 54.0 Å². The molecule has 0 radical (unpaired) electrons. The fraction of sp³-hybridized carbons (Fsp3) is 0.250. The van der Waals surface area contributed by atoms with E-state index >= 15 is 0 Å². The summed E-state index contributed by atoms with van der Waals surface area (Å²) in [6.45, 7) is 0.947. The predicted molar refractivity (Wildman–Crippen MR) is 93.8 cm³/mol. The number of hydrogen-bond acceptors (Lipinski definition) is 3. The van der Waals surface area contributed by atoms with E-state index in [0.717, 1.165) is 15.8 Å². The molecule has 24 heavy (non-hydrogen) atoms. The van der Waals surface area contributed by atoms with E-state index in [9.17, 15) is 18.0 Å². The van der Waals surface area contributed by atoms with Crippen molar-refractivity contribution in [1.29, 1.82) is 0 Å². The number of benzene rings is 1. The quantitative estimate of drug-likeness (QED) is 0.519. The van der Waals surface area contributed by atoms with Gasteiger partial charge in [0.15, 0.2) is 0 Å². The number of rotatable bonds is 6. The van der Waals surface area contributed by atoms with Gasteiger partial charge in [0.1, 0.15) is 5.82 Å². The van der Waals surface area contributed by atoms with E-state index in [1.54, 1.807) is 12.1 Å². The Morgan fingerprint density at radius 1 is 1.17 bits per heavy atom. The Hall–Kier alpha value is -1.84. The molecule has 8 heteroatoms. The van der Waals surface area contributed by atoms with Crippen LogP contribution in [0.3, 0.4) is 0 Å². The van der Waals surface area contributed by atoms with Gasteiger partial charge in [-0.05, 0) is 59.3 Å². The van der Waals surface area contributed by atoms with E-state index in [1.807, 2.05) is 12.1 Å². The van der Waals surface area contributed by atoms with Crippen LogP contribution in [-0.4, -0.2) is 24.0 Å². The molecule has 0 spiro atoms. The zero-order valence-corrected chi connectivity index (χ0v) is 14.7. The number of nitrogens with one attached hydrogen (secondary N) is 2. The van der Waals surface area contributed by atoms with Gasteiger partial charge in [0, 0.05) is 28.4 Å². The lowest BCUT2D eigenvalue weighted by molar-refractivity contribution is -0.137. The van der Waals surface area contributed by atoms with Crippen LogP contribution in [-0.2, 0) is 6.18 Å². The molecule has 1 heterocycles. The molecule has 0 unspecified atom stereocenters. The molecule has 0 fully saturated rings. The normalized spacial score (nSPS) is 11.2. The van der Waals surface area contributed by atoms with Crippen LogP contribution in [0.5, 0.6) is 0 Å². The van der Waals surface area contributed by atoms with Crippen LogP contribution in [0.1, 0.15) is 22.3 Å². The van der Waals surface area contributed by atoms with Gasteiger partial charge in [-0.2, -0.15) is 13.2 Å². The molecule has 0 saturated heterocycles. The van der Waals surface area contributed by atoms with E-state index in [0.29, 0.717) is 30.9 Å². The maximum atomic E-state index is 12.4. The molecule has 0 aliphatic heterocycles. The van der Waals surface area contributed by atoms with Crippen molar-refractivity contribution >= 4 is 34.3 Å². The lowest BCUT2D eigenvalue weighted by atomic mass is 10.2. The highest BCUT2D eigenvalue weighted by Crippen LogP contribution is 2.28. The number of alkyl halides is 3. The number of carbonyl (C=O) groups is 1. The molecule has 0 aliphatic rings. The van der Waals surface area contributed by atoms with Crippen molar-refractivity contribution in [2.45, 2.75) is 12.6 Å². The molecular weight excluding hydrogens is 434 g/mol. The summed E-state index contributed by atoms with van der Waals surface area (Å²) in [7, 11) is 0. The van der Waals surface area contributed by atoms with E-state index < -0.39 is 11.7 Å². The summed E-state index contributed by atoms with van der Waals surface area (Å²) in [5.74, 6) is 0.216. The lowest BCUT2D eigenvalue weighted by Gasteiger charge is -2.09. The average Bonchev–Trinajstić information content (AvgIpc) is 2.54. The second-order valence-electron chi connectivity index (χ2n) is 4.98. The number of pyridine rings is 1. The molecule has 128 valence electrons. The van der Waals surface area contributed by atoms with Crippen molar-refractivity contribution in [3.63, 3.8) is 0 Å². The molecule has 2 N–H and O–H groups in total. The Kier molecular flexibility index (Phi) is 6.41. The number of nitrogens with zero attached hydrogens (tertiary/aromatic N) is 1. The highest BCUT2D eigenvalue weighted by Gasteiger charge is 2.30. The maximum Gasteiger partial charge on any atom is 0.417 e. The zero-order chi connectivity index (χ0) is 17.6. The van der Waals surface area contributed by atoms with Gasteiger partial charge in [-0.3, -0.25) is 4.79 Å². The minimum Gasteiger partial charge on any atom is -0.370 e. The third-order valence-corrected chi connectivity index (χ3v) is 3.79. The highest BCUT2D eigenvalue weighted by molar-refractivity contribution is 14.1. The van der Waals surface area contributed by atoms with Gasteiger partial charge in [0.25, 0.3) is 5.91 Å². The second-order valence-corrected chi connectivity index (χ2v) is 6.22. The Balaban J connectivity index is 1.70. The molecule has 1 aromatic heterocycles. The largest absolute Gasteiger partial charge is 0.417 e. The Bertz CT molecular complexity index is 690. The van der Waals surface area contributed by atoms with Gasteiger partial charge in [-0.25, -0.2) is 4.98 Å². The number of aromatic nitrogens is 1. The standard InChI is InChI=1S/C16H15F3IN3O/c17-16(18,19)12-5-6-14(23-10-12)21-7-2-8-22-15(24)11-3-1-4-13(20)9-11/h1,3-6,9-10H,2,7-8H2,(H,21,23)(H,22,24). The summed E-state index contributed by atoms with van der Waals surface area (Å²) in [5, 5.41) is 5.70. The molecule has 2 rings (SSSR count). The molecule has 2 aromatic rings. The van der Waals surface area contributed by atoms with Gasteiger partial charge < -0.3 is 10.6 Å². The van der Waals surface area contributed by atoms with Gasteiger partial charge >= 0.3 is 6.18 Å². The summed E-state index contributed by atoms with van der Waals surface area (Å²) in [5.41, 5.74) is -0.183. The SMILES string of the molecule is O=C(NCCCNc1ccc(C(F)(F)F)cn1)c1cccc(I)c1. The summed E-state index contributed by atoms with van der Waals surface area (Å²) < 4.78 is 38.2. The summed E-state index contributed by atoms with van der Waals surface area (Å²) in [6.07, 6.45) is -2.97. The number of carbonyl (C=O) groups excluding carboxylic acids is 1. The first-order valence-electron chi connectivity index (χ1n) is 7.17. The lowest BCUT2D eigenvalue weighted by Crippen LogP contribution is -2.25. The van der Waals surface area contributed by atoms with Crippen molar-refractivity contribution in [3.05, 3.63) is 57.3 Å². The minimum atomic E-state index is -4.38. The van der Waals surface area contributed by atoms with Crippen molar-refractivity contribution < 1.29 is 18.0 Å². The highest BCUT2D eigenvalue weighted by atomic mass is 127. The number of halogens is 4. The van der Waals surface area contributed by atoms with E-state index in [1.165, 1.54) is 6.07 Å². The molecule has 1 amide bonds. The second kappa shape index (κ2) is 8.32. The number of hydrogen-bond donors (Lipinski definition) is 2. The maximum absolute atomic E-state index is 12.4. The summed E-state index contributed by atoms with van der Waals surface area (Å²) in [4.78, 5) is 15.6. The summed E-state index contributed by atoms with van der Waals surface area (Å²) >= 11 is 2.14. The van der Waals surface area contributed by atoms with Crippen molar-refractivity contribution in [1.82, 2.24) is 10.3 Å². The van der Waals surface area contributed by atoms with Crippen molar-refractivity contribution in [2.75, 3.05) is 18.4 Å². The van der Waals surface area contributed by atoms with Gasteiger partial charge in [0.2, 0.25) is 0 Å². The molecule has 1 aromatic carbocycles. The van der Waals surface area contributed by atoms with Gasteiger partial charge in [-0.15, -0.1) is 0 Å². The van der Waals surface area contributed by atoms with Gasteiger partial charge in [-0.1, -0.05) is 6.07 Å². The first kappa shape index (κ1) is 18.5. The third-order valence-electron chi connectivity index (χ3n) is 3.12. The number of anilines is 1. The van der Waals surface area contributed by atoms with Crippen LogP contribution in [0.4, 0.5) is 19.0 Å². The average molecular weight is 449 g/mol. The smallest absolute Gasteiger partial charge is 0.370 e. The van der Waals surface area contributed by atoms with Crippen molar-refractivity contribution in [2.24, 2.45) is 0 Å². The molecule has 0 aliphatic carbocycles. The fourth-order valence-corrected chi connectivity index (χ4v) is 2.45.